The maximum absolute atomic E-state index is 3.58. The molecular weight excluding hydrogens is 136 g/mol. The summed E-state index contributed by atoms with van der Waals surface area (Å²) in [4.78, 5) is 2.38. The second-order valence-corrected chi connectivity index (χ2v) is 4.30. The van der Waals surface area contributed by atoms with Crippen molar-refractivity contribution in [2.24, 2.45) is 5.92 Å². The molecule has 0 aromatic heterocycles. The second kappa shape index (κ2) is 2.76. The van der Waals surface area contributed by atoms with E-state index in [2.05, 4.69) is 24.3 Å². The maximum Gasteiger partial charge on any atom is 0.0107 e. The number of hydrogen-bond donors (Lipinski definition) is 1. The summed E-state index contributed by atoms with van der Waals surface area (Å²) >= 11 is 0. The zero-order valence-corrected chi connectivity index (χ0v) is 7.51. The van der Waals surface area contributed by atoms with Crippen molar-refractivity contribution in [2.45, 2.75) is 31.3 Å². The van der Waals surface area contributed by atoms with Crippen molar-refractivity contribution in [2.75, 3.05) is 20.6 Å². The zero-order chi connectivity index (χ0) is 7.84. The molecule has 1 N–H and O–H groups in total. The number of nitrogens with zero attached hydrogens (tertiary/aromatic N) is 1. The lowest BCUT2D eigenvalue weighted by atomic mass is 9.86. The summed E-state index contributed by atoms with van der Waals surface area (Å²) < 4.78 is 0. The summed E-state index contributed by atoms with van der Waals surface area (Å²) in [6.07, 6.45) is 4.21. The molecule has 0 aromatic carbocycles. The predicted molar refractivity (Wildman–Crippen MR) is 46.6 cm³/mol. The summed E-state index contributed by atoms with van der Waals surface area (Å²) in [5.41, 5.74) is 0. The van der Waals surface area contributed by atoms with Gasteiger partial charge in [-0.3, -0.25) is 0 Å². The van der Waals surface area contributed by atoms with Crippen molar-refractivity contribution in [3.63, 3.8) is 0 Å². The van der Waals surface area contributed by atoms with Crippen molar-refractivity contribution in [3.8, 4) is 0 Å². The van der Waals surface area contributed by atoms with Gasteiger partial charge in [0.05, 0.1) is 0 Å². The van der Waals surface area contributed by atoms with Crippen LogP contribution in [0.3, 0.4) is 0 Å². The van der Waals surface area contributed by atoms with Crippen molar-refractivity contribution in [1.29, 1.82) is 0 Å². The highest BCUT2D eigenvalue weighted by Crippen LogP contribution is 2.30. The van der Waals surface area contributed by atoms with Crippen LogP contribution in [-0.2, 0) is 0 Å². The van der Waals surface area contributed by atoms with Crippen molar-refractivity contribution in [1.82, 2.24) is 10.2 Å². The molecule has 3 unspecified atom stereocenters. The van der Waals surface area contributed by atoms with Gasteiger partial charge in [-0.05, 0) is 45.8 Å². The minimum atomic E-state index is 0.834. The van der Waals surface area contributed by atoms with E-state index in [9.17, 15) is 0 Å². The third-order valence-electron chi connectivity index (χ3n) is 3.21. The van der Waals surface area contributed by atoms with Crippen LogP contribution in [0.1, 0.15) is 19.3 Å². The molecule has 1 saturated carbocycles. The standard InChI is InChI=1S/C9H18N2/c1-11(2)9-4-7-3-8(5-9)10-6-7/h7-10H,3-6H2,1-2H3. The van der Waals surface area contributed by atoms with Crippen molar-refractivity contribution in [3.05, 3.63) is 0 Å². The number of rotatable bonds is 1. The molecule has 2 fully saturated rings. The van der Waals surface area contributed by atoms with Gasteiger partial charge in [0.15, 0.2) is 0 Å². The topological polar surface area (TPSA) is 15.3 Å². The minimum absolute atomic E-state index is 0.834. The average Bonchev–Trinajstić information content (AvgIpc) is 2.30. The molecular formula is C9H18N2. The molecule has 2 aliphatic rings. The first kappa shape index (κ1) is 7.56. The summed E-state index contributed by atoms with van der Waals surface area (Å²) in [5.74, 6) is 0.973. The van der Waals surface area contributed by atoms with Crippen LogP contribution in [-0.4, -0.2) is 37.6 Å². The van der Waals surface area contributed by atoms with Crippen LogP contribution in [0.25, 0.3) is 0 Å². The van der Waals surface area contributed by atoms with Gasteiger partial charge in [-0.2, -0.15) is 0 Å². The Morgan fingerprint density at radius 2 is 2.00 bits per heavy atom. The van der Waals surface area contributed by atoms with Gasteiger partial charge in [0.2, 0.25) is 0 Å². The Hall–Kier alpha value is -0.0800. The maximum atomic E-state index is 3.58. The largest absolute Gasteiger partial charge is 0.314 e. The van der Waals surface area contributed by atoms with Crippen LogP contribution in [0.2, 0.25) is 0 Å². The molecule has 11 heavy (non-hydrogen) atoms. The number of nitrogens with one attached hydrogen (secondary N) is 1. The normalized spacial score (nSPS) is 43.4. The van der Waals surface area contributed by atoms with Crippen LogP contribution in [0.4, 0.5) is 0 Å². The minimum Gasteiger partial charge on any atom is -0.314 e. The molecule has 3 atom stereocenters. The lowest BCUT2D eigenvalue weighted by Crippen LogP contribution is -2.37. The fourth-order valence-corrected chi connectivity index (χ4v) is 2.49. The van der Waals surface area contributed by atoms with Gasteiger partial charge in [0.1, 0.15) is 0 Å². The van der Waals surface area contributed by atoms with Crippen LogP contribution in [0.15, 0.2) is 0 Å². The molecule has 2 bridgehead atoms. The summed E-state index contributed by atoms with van der Waals surface area (Å²) in [7, 11) is 4.41. The highest BCUT2D eigenvalue weighted by molar-refractivity contribution is 4.92. The summed E-state index contributed by atoms with van der Waals surface area (Å²) in [6, 6.07) is 1.68. The van der Waals surface area contributed by atoms with Crippen LogP contribution >= 0.6 is 0 Å². The van der Waals surface area contributed by atoms with E-state index in [1.54, 1.807) is 0 Å². The molecule has 2 heteroatoms. The smallest absolute Gasteiger partial charge is 0.0107 e. The highest BCUT2D eigenvalue weighted by Gasteiger charge is 2.34. The Kier molecular flexibility index (Phi) is 1.90. The highest BCUT2D eigenvalue weighted by atomic mass is 15.1. The van der Waals surface area contributed by atoms with E-state index in [-0.39, 0.29) is 0 Å². The second-order valence-electron chi connectivity index (χ2n) is 4.30. The van der Waals surface area contributed by atoms with E-state index in [4.69, 9.17) is 0 Å². The van der Waals surface area contributed by atoms with E-state index in [1.807, 2.05) is 0 Å². The quantitative estimate of drug-likeness (QED) is 0.598. The van der Waals surface area contributed by atoms with Crippen molar-refractivity contribution >= 4 is 0 Å². The third-order valence-corrected chi connectivity index (χ3v) is 3.21. The fourth-order valence-electron chi connectivity index (χ4n) is 2.49. The number of fused-ring (bicyclic) bond motifs is 2. The van der Waals surface area contributed by atoms with Crippen molar-refractivity contribution < 1.29 is 0 Å². The van der Waals surface area contributed by atoms with Gasteiger partial charge in [0.25, 0.3) is 0 Å². The Labute approximate surface area is 69.0 Å². The lowest BCUT2D eigenvalue weighted by Gasteiger charge is -2.31. The molecule has 0 spiro atoms. The van der Waals surface area contributed by atoms with Gasteiger partial charge < -0.3 is 10.2 Å². The molecule has 1 aliphatic carbocycles. The molecule has 64 valence electrons. The molecule has 1 heterocycles. The molecule has 0 aromatic rings. The van der Waals surface area contributed by atoms with E-state index in [1.165, 1.54) is 25.8 Å². The van der Waals surface area contributed by atoms with Gasteiger partial charge in [0, 0.05) is 12.1 Å². The Bertz CT molecular complexity index is 132. The zero-order valence-electron chi connectivity index (χ0n) is 7.51. The van der Waals surface area contributed by atoms with E-state index < -0.39 is 0 Å². The first-order valence-corrected chi connectivity index (χ1v) is 4.65. The Morgan fingerprint density at radius 3 is 2.64 bits per heavy atom. The molecule has 0 radical (unpaired) electrons. The lowest BCUT2D eigenvalue weighted by molar-refractivity contribution is 0.201. The van der Waals surface area contributed by atoms with Gasteiger partial charge in [-0.25, -0.2) is 0 Å². The first-order chi connectivity index (χ1) is 5.25. The van der Waals surface area contributed by atoms with E-state index in [0.717, 1.165) is 18.0 Å². The van der Waals surface area contributed by atoms with Gasteiger partial charge >= 0.3 is 0 Å². The number of hydrogen-bond acceptors (Lipinski definition) is 2. The fraction of sp³-hybridized carbons (Fsp3) is 1.00. The summed E-state index contributed by atoms with van der Waals surface area (Å²) in [6.45, 7) is 1.27. The Morgan fingerprint density at radius 1 is 1.18 bits per heavy atom. The van der Waals surface area contributed by atoms with E-state index in [0.29, 0.717) is 0 Å². The molecule has 1 aliphatic heterocycles. The van der Waals surface area contributed by atoms with Gasteiger partial charge in [-0.1, -0.05) is 0 Å². The molecule has 1 saturated heterocycles. The third kappa shape index (κ3) is 1.42. The molecule has 2 rings (SSSR count). The van der Waals surface area contributed by atoms with Crippen LogP contribution < -0.4 is 5.32 Å². The van der Waals surface area contributed by atoms with Crippen LogP contribution in [0.5, 0.6) is 0 Å². The summed E-state index contributed by atoms with van der Waals surface area (Å²) in [5, 5.41) is 3.58. The van der Waals surface area contributed by atoms with Gasteiger partial charge in [-0.15, -0.1) is 0 Å². The SMILES string of the molecule is CN(C)C1CC2CNC(C2)C1. The predicted octanol–water partition coefficient (Wildman–Crippen LogP) is 0.688. The average molecular weight is 154 g/mol. The Balaban J connectivity index is 1.97. The van der Waals surface area contributed by atoms with E-state index >= 15 is 0 Å². The first-order valence-electron chi connectivity index (χ1n) is 4.65. The molecule has 2 nitrogen and oxygen atoms in total. The molecule has 0 amide bonds. The van der Waals surface area contributed by atoms with Crippen LogP contribution in [0, 0.1) is 5.92 Å². The monoisotopic (exact) mass is 154 g/mol.